The van der Waals surface area contributed by atoms with Crippen molar-refractivity contribution in [1.82, 2.24) is 14.5 Å². The van der Waals surface area contributed by atoms with E-state index in [9.17, 15) is 9.18 Å². The third kappa shape index (κ3) is 4.71. The molecule has 8 heteroatoms. The molecule has 0 fully saturated rings. The Labute approximate surface area is 197 Å². The van der Waals surface area contributed by atoms with Gasteiger partial charge in [0.15, 0.2) is 5.78 Å². The predicted octanol–water partition coefficient (Wildman–Crippen LogP) is 5.43. The first kappa shape index (κ1) is 23.2. The highest BCUT2D eigenvalue weighted by molar-refractivity contribution is 5.99. The molecule has 0 aliphatic heterocycles. The van der Waals surface area contributed by atoms with Crippen molar-refractivity contribution in [1.29, 1.82) is 0 Å². The normalized spacial score (nSPS) is 10.9. The van der Waals surface area contributed by atoms with E-state index < -0.39 is 6.86 Å². The predicted molar refractivity (Wildman–Crippen MR) is 130 cm³/mol. The average molecular weight is 463 g/mol. The van der Waals surface area contributed by atoms with Crippen LogP contribution in [-0.2, 0) is 6.54 Å². The van der Waals surface area contributed by atoms with Gasteiger partial charge in [0.05, 0.1) is 23.4 Å². The summed E-state index contributed by atoms with van der Waals surface area (Å²) in [6, 6.07) is 15.0. The lowest BCUT2D eigenvalue weighted by Crippen LogP contribution is -2.13. The number of alkyl halides is 1. The van der Waals surface area contributed by atoms with Crippen LogP contribution >= 0.6 is 0 Å². The lowest BCUT2D eigenvalue weighted by molar-refractivity contribution is 0.101. The monoisotopic (exact) mass is 462 g/mol. The molecular weight excluding hydrogens is 435 g/mol. The Morgan fingerprint density at radius 1 is 1.12 bits per heavy atom. The van der Waals surface area contributed by atoms with Gasteiger partial charge in [-0.25, -0.2) is 14.4 Å². The lowest BCUT2D eigenvalue weighted by Gasteiger charge is -2.14. The molecular formula is C26H27FN4O3. The van der Waals surface area contributed by atoms with Gasteiger partial charge in [0, 0.05) is 35.8 Å². The Bertz CT molecular complexity index is 1320. The maximum absolute atomic E-state index is 12.9. The van der Waals surface area contributed by atoms with Gasteiger partial charge in [-0.2, -0.15) is 0 Å². The molecule has 0 unspecified atom stereocenters. The number of nitrogens with one attached hydrogen (secondary N) is 1. The minimum atomic E-state index is -0.875. The van der Waals surface area contributed by atoms with E-state index >= 15 is 0 Å². The number of nitrogens with zero attached hydrogens (tertiary/aromatic N) is 3. The average Bonchev–Trinajstić information content (AvgIpc) is 3.15. The van der Waals surface area contributed by atoms with E-state index in [1.807, 2.05) is 44.2 Å². The van der Waals surface area contributed by atoms with Crippen LogP contribution in [0.4, 0.5) is 10.2 Å². The van der Waals surface area contributed by atoms with E-state index in [4.69, 9.17) is 9.47 Å². The zero-order valence-corrected chi connectivity index (χ0v) is 19.5. The molecule has 0 aliphatic rings. The van der Waals surface area contributed by atoms with E-state index in [0.29, 0.717) is 48.3 Å². The Balaban J connectivity index is 1.56. The number of ether oxygens (including phenoxy) is 2. The summed E-state index contributed by atoms with van der Waals surface area (Å²) in [7, 11) is 0. The first-order valence-electron chi connectivity index (χ1n) is 11.1. The highest BCUT2D eigenvalue weighted by atomic mass is 19.1. The summed E-state index contributed by atoms with van der Waals surface area (Å²) in [5.74, 6) is 1.63. The number of ketones is 1. The fourth-order valence-electron chi connectivity index (χ4n) is 4.10. The van der Waals surface area contributed by atoms with E-state index in [2.05, 4.69) is 25.9 Å². The van der Waals surface area contributed by atoms with Crippen LogP contribution in [0.5, 0.6) is 11.5 Å². The number of para-hydroxylation sites is 2. The number of hydrogen-bond acceptors (Lipinski definition) is 6. The van der Waals surface area contributed by atoms with Gasteiger partial charge < -0.3 is 19.4 Å². The van der Waals surface area contributed by atoms with Crippen molar-refractivity contribution < 1.29 is 18.7 Å². The van der Waals surface area contributed by atoms with E-state index in [-0.39, 0.29) is 5.78 Å². The molecule has 7 nitrogen and oxygen atoms in total. The molecule has 34 heavy (non-hydrogen) atoms. The molecule has 2 heterocycles. The number of benzene rings is 2. The van der Waals surface area contributed by atoms with Crippen LogP contribution in [-0.4, -0.2) is 40.3 Å². The molecule has 0 spiro atoms. The highest BCUT2D eigenvalue weighted by Gasteiger charge is 2.16. The second-order valence-electron chi connectivity index (χ2n) is 7.77. The van der Waals surface area contributed by atoms with Gasteiger partial charge in [-0.3, -0.25) is 4.79 Å². The number of carbonyl (C=O) groups is 1. The third-order valence-corrected chi connectivity index (χ3v) is 5.57. The number of aryl methyl sites for hydroxylation is 1. The van der Waals surface area contributed by atoms with Gasteiger partial charge in [-0.1, -0.05) is 18.2 Å². The zero-order chi connectivity index (χ0) is 24.1. The second-order valence-corrected chi connectivity index (χ2v) is 7.77. The van der Waals surface area contributed by atoms with Gasteiger partial charge in [0.2, 0.25) is 6.86 Å². The summed E-state index contributed by atoms with van der Waals surface area (Å²) in [5, 5.41) is 4.33. The van der Waals surface area contributed by atoms with Gasteiger partial charge in [0.1, 0.15) is 23.6 Å². The van der Waals surface area contributed by atoms with Gasteiger partial charge in [0.25, 0.3) is 0 Å². The Kier molecular flexibility index (Phi) is 7.06. The van der Waals surface area contributed by atoms with E-state index in [1.165, 1.54) is 13.3 Å². The topological polar surface area (TPSA) is 78.3 Å². The fraction of sp³-hybridized carbons (Fsp3) is 0.269. The maximum atomic E-state index is 12.9. The summed E-state index contributed by atoms with van der Waals surface area (Å²) in [5.41, 5.74) is 3.84. The van der Waals surface area contributed by atoms with Crippen LogP contribution in [0, 0.1) is 6.92 Å². The minimum Gasteiger partial charge on any atom is -0.492 e. The van der Waals surface area contributed by atoms with Crippen molar-refractivity contribution in [2.75, 3.05) is 25.3 Å². The van der Waals surface area contributed by atoms with Crippen molar-refractivity contribution >= 4 is 22.5 Å². The van der Waals surface area contributed by atoms with Crippen molar-refractivity contribution in [3.63, 3.8) is 0 Å². The smallest absolute Gasteiger partial charge is 0.228 e. The minimum absolute atomic E-state index is 0.0665. The first-order chi connectivity index (χ1) is 16.5. The summed E-state index contributed by atoms with van der Waals surface area (Å²) < 4.78 is 25.9. The number of anilines is 1. The van der Waals surface area contributed by atoms with Crippen molar-refractivity contribution in [3.8, 4) is 22.8 Å². The van der Waals surface area contributed by atoms with Crippen molar-refractivity contribution in [2.45, 2.75) is 27.3 Å². The van der Waals surface area contributed by atoms with Crippen LogP contribution in [0.1, 0.15) is 29.9 Å². The van der Waals surface area contributed by atoms with Crippen LogP contribution in [0.2, 0.25) is 0 Å². The zero-order valence-electron chi connectivity index (χ0n) is 19.5. The molecule has 176 valence electrons. The summed E-state index contributed by atoms with van der Waals surface area (Å²) in [6.45, 7) is 6.18. The number of hydrogen-bond donors (Lipinski definition) is 1. The standard InChI is InChI=1S/C26H27FN4O3/c1-4-33-26-20(18(3)32)8-6-9-21(26)22-14-24(30-16-29-22)28-11-12-31-17(2)13-19-7-5-10-23(25(19)31)34-15-27/h5-10,13-14,16H,4,11-12,15H2,1-3H3,(H,28,29,30). The molecule has 0 atom stereocenters. The number of rotatable bonds is 10. The van der Waals surface area contributed by atoms with Crippen molar-refractivity contribution in [3.05, 3.63) is 66.1 Å². The molecule has 4 rings (SSSR count). The second kappa shape index (κ2) is 10.3. The largest absolute Gasteiger partial charge is 0.492 e. The fourth-order valence-corrected chi connectivity index (χ4v) is 4.10. The Morgan fingerprint density at radius 2 is 1.94 bits per heavy atom. The number of Topliss-reactive ketones (excluding diaryl/α,β-unsaturated/α-hetero) is 1. The lowest BCUT2D eigenvalue weighted by atomic mass is 10.0. The summed E-state index contributed by atoms with van der Waals surface area (Å²) in [4.78, 5) is 20.8. The summed E-state index contributed by atoms with van der Waals surface area (Å²) in [6.07, 6.45) is 1.48. The molecule has 0 saturated carbocycles. The Morgan fingerprint density at radius 3 is 2.71 bits per heavy atom. The Hall–Kier alpha value is -3.94. The molecule has 4 aromatic rings. The number of fused-ring (bicyclic) bond motifs is 1. The van der Waals surface area contributed by atoms with Gasteiger partial charge >= 0.3 is 0 Å². The molecule has 2 aromatic heterocycles. The van der Waals surface area contributed by atoms with E-state index in [1.54, 1.807) is 12.1 Å². The SMILES string of the molecule is CCOc1c(C(C)=O)cccc1-c1cc(NCCn2c(C)cc3cccc(OCF)c32)ncn1. The maximum Gasteiger partial charge on any atom is 0.228 e. The molecule has 0 bridgehead atoms. The van der Waals surface area contributed by atoms with Crippen LogP contribution < -0.4 is 14.8 Å². The number of halogens is 1. The molecule has 0 aliphatic carbocycles. The quantitative estimate of drug-likeness (QED) is 0.317. The number of carbonyl (C=O) groups excluding carboxylic acids is 1. The third-order valence-electron chi connectivity index (χ3n) is 5.57. The van der Waals surface area contributed by atoms with Gasteiger partial charge in [-0.05, 0) is 45.0 Å². The molecule has 2 aromatic carbocycles. The molecule has 0 radical (unpaired) electrons. The summed E-state index contributed by atoms with van der Waals surface area (Å²) >= 11 is 0. The highest BCUT2D eigenvalue weighted by Crippen LogP contribution is 2.33. The van der Waals surface area contributed by atoms with Gasteiger partial charge in [-0.15, -0.1) is 0 Å². The molecule has 0 amide bonds. The van der Waals surface area contributed by atoms with Crippen LogP contribution in [0.25, 0.3) is 22.2 Å². The molecule has 0 saturated heterocycles. The first-order valence-corrected chi connectivity index (χ1v) is 11.1. The van der Waals surface area contributed by atoms with E-state index in [0.717, 1.165) is 22.2 Å². The van der Waals surface area contributed by atoms with Crippen molar-refractivity contribution in [2.24, 2.45) is 0 Å². The van der Waals surface area contributed by atoms with Crippen LogP contribution in [0.3, 0.4) is 0 Å². The van der Waals surface area contributed by atoms with Crippen LogP contribution in [0.15, 0.2) is 54.9 Å². The molecule has 1 N–H and O–H groups in total. The number of aromatic nitrogens is 3.